The van der Waals surface area contributed by atoms with Gasteiger partial charge in [0.25, 0.3) is 0 Å². The van der Waals surface area contributed by atoms with Crippen LogP contribution in [0.5, 0.6) is 0 Å². The summed E-state index contributed by atoms with van der Waals surface area (Å²) in [4.78, 5) is 32.5. The number of amides is 1. The predicted molar refractivity (Wildman–Crippen MR) is 173 cm³/mol. The molecule has 0 radical (unpaired) electrons. The maximum atomic E-state index is 10.3. The molecule has 1 rings (SSSR count). The molecule has 1 heterocycles. The van der Waals surface area contributed by atoms with Gasteiger partial charge in [-0.2, -0.15) is 0 Å². The molecular formula is C27H62N10O9. The van der Waals surface area contributed by atoms with Gasteiger partial charge in [0.2, 0.25) is 5.91 Å². The smallest absolute Gasteiger partial charge is 0.320 e. The van der Waals surface area contributed by atoms with Crippen molar-refractivity contribution in [3.63, 3.8) is 0 Å². The predicted octanol–water partition coefficient (Wildman–Crippen LogP) is -4.71. The highest BCUT2D eigenvalue weighted by atomic mass is 16.5. The number of nitrogens with one attached hydrogen (secondary N) is 4. The largest absolute Gasteiger partial charge is 0.548 e. The maximum absolute atomic E-state index is 10.3. The lowest BCUT2D eigenvalue weighted by molar-refractivity contribution is -0.870. The monoisotopic (exact) mass is 670 g/mol. The number of quaternary nitrogens is 1. The van der Waals surface area contributed by atoms with Crippen LogP contribution in [0.4, 0.5) is 0 Å². The lowest BCUT2D eigenvalue weighted by Gasteiger charge is -2.21. The van der Waals surface area contributed by atoms with Crippen LogP contribution in [0, 0.1) is 10.8 Å². The van der Waals surface area contributed by atoms with Gasteiger partial charge in [0.1, 0.15) is 12.6 Å². The zero-order valence-electron chi connectivity index (χ0n) is 28.3. The Morgan fingerprint density at radius 1 is 1.00 bits per heavy atom. The minimum atomic E-state index is -1.25. The van der Waals surface area contributed by atoms with Crippen molar-refractivity contribution in [2.75, 3.05) is 73.7 Å². The van der Waals surface area contributed by atoms with Gasteiger partial charge in [-0.05, 0) is 39.5 Å². The summed E-state index contributed by atoms with van der Waals surface area (Å²) in [5.41, 5.74) is 20.4. The normalized spacial score (nSPS) is 14.8. The van der Waals surface area contributed by atoms with E-state index in [-0.39, 0.29) is 31.0 Å². The van der Waals surface area contributed by atoms with E-state index in [0.717, 1.165) is 17.6 Å². The van der Waals surface area contributed by atoms with Crippen molar-refractivity contribution in [1.29, 1.82) is 10.8 Å². The molecule has 1 aliphatic heterocycles. The van der Waals surface area contributed by atoms with E-state index in [2.05, 4.69) is 31.8 Å². The van der Waals surface area contributed by atoms with Gasteiger partial charge < -0.3 is 78.0 Å². The molecular weight excluding hydrogens is 608 g/mol. The fourth-order valence-corrected chi connectivity index (χ4v) is 2.63. The lowest BCUT2D eigenvalue weighted by Crippen LogP contribution is -2.42. The Hall–Kier alpha value is -3.33. The summed E-state index contributed by atoms with van der Waals surface area (Å²) in [6.45, 7) is 8.94. The van der Waals surface area contributed by atoms with Crippen molar-refractivity contribution in [1.82, 2.24) is 15.5 Å². The summed E-state index contributed by atoms with van der Waals surface area (Å²) >= 11 is 0. The molecule has 1 fully saturated rings. The van der Waals surface area contributed by atoms with Gasteiger partial charge >= 0.3 is 5.97 Å². The molecule has 0 aromatic carbocycles. The van der Waals surface area contributed by atoms with Crippen LogP contribution in [-0.4, -0.2) is 158 Å². The van der Waals surface area contributed by atoms with Gasteiger partial charge in [0.05, 0.1) is 59.6 Å². The molecule has 1 saturated heterocycles. The summed E-state index contributed by atoms with van der Waals surface area (Å²) in [6.07, 6.45) is 1.42. The molecule has 16 N–H and O–H groups in total. The third-order valence-corrected chi connectivity index (χ3v) is 5.26. The van der Waals surface area contributed by atoms with E-state index in [0.29, 0.717) is 58.0 Å². The molecule has 0 bridgehead atoms. The van der Waals surface area contributed by atoms with Gasteiger partial charge in [-0.1, -0.05) is 0 Å². The molecule has 0 spiro atoms. The summed E-state index contributed by atoms with van der Waals surface area (Å²) < 4.78 is 5.59. The Balaban J connectivity index is -0.000000245. The average molecular weight is 671 g/mol. The molecule has 0 aromatic heterocycles. The number of hydrogen-bond donors (Lipinski definition) is 12. The minimum absolute atomic E-state index is 0.0206. The Bertz CT molecular complexity index is 792. The molecule has 0 aliphatic carbocycles. The second-order valence-corrected chi connectivity index (χ2v) is 11.2. The first-order chi connectivity index (χ1) is 21.1. The first kappa shape index (κ1) is 49.5. The quantitative estimate of drug-likeness (QED) is 0.0241. The highest BCUT2D eigenvalue weighted by Gasteiger charge is 2.30. The van der Waals surface area contributed by atoms with Crippen LogP contribution < -0.4 is 38.7 Å². The number of aliphatic hydroxyl groups excluding tert-OH is 3. The third-order valence-electron chi connectivity index (χ3n) is 5.26. The minimum Gasteiger partial charge on any atom is -0.548 e. The van der Waals surface area contributed by atoms with Crippen molar-refractivity contribution in [3.05, 3.63) is 0 Å². The average Bonchev–Trinajstić information content (AvgIpc) is 3.66. The summed E-state index contributed by atoms with van der Waals surface area (Å²) in [7, 11) is 6.16. The third kappa shape index (κ3) is 45.1. The standard InChI is InChI=1S/2C6H14N4O2.C5H9NO.C5H14NO.C5H12O3/c2*7-4(5(11)12)2-1-3-10-6(8)9;1-4-3-6(4)5(2)7;1-6(2,3)4-5-7;1-5(7)4-8-3-2-6/h2*4H,1-3,7H2,(H,11,12)(H4,8,9,10);4H,3H2,1-2H3;7H,4-5H2,1-3H3;5-7H,2-4H2,1H3/q;;;+1;/p-1/t2*4-;;;/m00.../s1. The van der Waals surface area contributed by atoms with E-state index in [1.807, 2.05) is 11.8 Å². The van der Waals surface area contributed by atoms with Crippen molar-refractivity contribution < 1.29 is 49.1 Å². The number of carboxylic acids is 2. The first-order valence-electron chi connectivity index (χ1n) is 14.8. The number of guanidine groups is 2. The molecule has 1 amide bonds. The van der Waals surface area contributed by atoms with Crippen LogP contribution in [0.2, 0.25) is 0 Å². The number of nitrogens with two attached hydrogens (primary N) is 4. The van der Waals surface area contributed by atoms with E-state index in [9.17, 15) is 19.5 Å². The number of hydrogen-bond acceptors (Lipinski definition) is 12. The van der Waals surface area contributed by atoms with Crippen molar-refractivity contribution >= 4 is 29.8 Å². The van der Waals surface area contributed by atoms with Crippen molar-refractivity contribution in [3.8, 4) is 0 Å². The fraction of sp³-hybridized carbons (Fsp3) is 0.815. The number of carboxylic acid groups (broad SMARTS) is 2. The molecule has 46 heavy (non-hydrogen) atoms. The highest BCUT2D eigenvalue weighted by Crippen LogP contribution is 2.14. The molecule has 274 valence electrons. The lowest BCUT2D eigenvalue weighted by atomic mass is 10.2. The molecule has 19 nitrogen and oxygen atoms in total. The molecule has 0 aromatic rings. The van der Waals surface area contributed by atoms with E-state index in [4.69, 9.17) is 58.9 Å². The van der Waals surface area contributed by atoms with Crippen LogP contribution in [0.25, 0.3) is 0 Å². The van der Waals surface area contributed by atoms with Crippen LogP contribution in [0.1, 0.15) is 46.5 Å². The van der Waals surface area contributed by atoms with Crippen LogP contribution in [0.3, 0.4) is 0 Å². The Labute approximate surface area is 272 Å². The summed E-state index contributed by atoms with van der Waals surface area (Å²) in [6, 6.07) is -1.23. The maximum Gasteiger partial charge on any atom is 0.320 e. The highest BCUT2D eigenvalue weighted by molar-refractivity contribution is 5.76. The number of aliphatic carboxylic acids is 2. The van der Waals surface area contributed by atoms with E-state index < -0.39 is 30.1 Å². The van der Waals surface area contributed by atoms with E-state index in [1.165, 1.54) is 0 Å². The summed E-state index contributed by atoms with van der Waals surface area (Å²) in [5, 5.41) is 62.3. The van der Waals surface area contributed by atoms with Gasteiger partial charge in [-0.3, -0.25) is 20.4 Å². The Morgan fingerprint density at radius 3 is 1.65 bits per heavy atom. The zero-order chi connectivity index (χ0) is 36.9. The molecule has 19 heteroatoms. The Morgan fingerprint density at radius 2 is 1.43 bits per heavy atom. The molecule has 1 aliphatic rings. The SMILES string of the molecule is CC(=O)N1CC1C.CC(O)COCCO.C[N+](C)(C)CCO.N=C(N)NCCC[C@H](N)C(=O)O.N=C(N)NCCC[C@H](N)C(=O)[O-]. The topological polar surface area (TPSA) is 343 Å². The Kier molecular flexibility index (Phi) is 32.7. The van der Waals surface area contributed by atoms with Crippen LogP contribution in [-0.2, 0) is 19.1 Å². The number of rotatable bonds is 16. The molecule has 4 atom stereocenters. The second-order valence-electron chi connectivity index (χ2n) is 11.2. The molecule has 2 unspecified atom stereocenters. The van der Waals surface area contributed by atoms with E-state index >= 15 is 0 Å². The second kappa shape index (κ2) is 30.3. The van der Waals surface area contributed by atoms with Crippen molar-refractivity contribution in [2.45, 2.75) is 70.7 Å². The molecule has 0 saturated carbocycles. The fourth-order valence-electron chi connectivity index (χ4n) is 2.63. The number of likely N-dealkylation sites (N-methyl/N-ethyl adjacent to an activating group) is 1. The number of carbonyl (C=O) groups excluding carboxylic acids is 2. The number of ether oxygens (including phenoxy) is 1. The van der Waals surface area contributed by atoms with Crippen LogP contribution >= 0.6 is 0 Å². The number of nitrogens with zero attached hydrogens (tertiary/aromatic N) is 2. The van der Waals surface area contributed by atoms with Gasteiger partial charge in [0.15, 0.2) is 11.9 Å². The van der Waals surface area contributed by atoms with Gasteiger partial charge in [-0.25, -0.2) is 0 Å². The number of aliphatic hydroxyl groups is 3. The zero-order valence-corrected chi connectivity index (χ0v) is 28.3. The van der Waals surface area contributed by atoms with Gasteiger partial charge in [-0.15, -0.1) is 0 Å². The summed E-state index contributed by atoms with van der Waals surface area (Å²) in [5.74, 6) is -2.29. The van der Waals surface area contributed by atoms with Crippen molar-refractivity contribution in [2.24, 2.45) is 22.9 Å². The van der Waals surface area contributed by atoms with Gasteiger partial charge in [0, 0.05) is 38.6 Å². The first-order valence-corrected chi connectivity index (χ1v) is 14.8. The van der Waals surface area contributed by atoms with Crippen LogP contribution in [0.15, 0.2) is 0 Å². The number of carbonyl (C=O) groups is 3. The van der Waals surface area contributed by atoms with E-state index in [1.54, 1.807) is 13.8 Å².